The van der Waals surface area contributed by atoms with Crippen molar-refractivity contribution in [3.05, 3.63) is 47.8 Å². The van der Waals surface area contributed by atoms with Crippen molar-refractivity contribution in [3.63, 3.8) is 0 Å². The van der Waals surface area contributed by atoms with Gasteiger partial charge >= 0.3 is 0 Å². The number of nitrogens with one attached hydrogen (secondary N) is 1. The number of nitrogen functional groups attached to an aromatic ring is 1. The maximum atomic E-state index is 12.3. The molecule has 0 bridgehead atoms. The highest BCUT2D eigenvalue weighted by molar-refractivity contribution is 5.97. The molecule has 20 heavy (non-hydrogen) atoms. The Morgan fingerprint density at radius 2 is 2.20 bits per heavy atom. The molecule has 1 aliphatic carbocycles. The lowest BCUT2D eigenvalue weighted by atomic mass is 10.1. The van der Waals surface area contributed by atoms with Crippen molar-refractivity contribution in [3.8, 4) is 0 Å². The number of aryl methyl sites for hydroxylation is 1. The van der Waals surface area contributed by atoms with Gasteiger partial charge in [0, 0.05) is 18.5 Å². The molecule has 0 radical (unpaired) electrons. The molecular weight excluding hydrogens is 252 g/mol. The Morgan fingerprint density at radius 3 is 2.90 bits per heavy atom. The summed E-state index contributed by atoms with van der Waals surface area (Å²) >= 11 is 0. The van der Waals surface area contributed by atoms with Crippen LogP contribution in [-0.2, 0) is 6.54 Å². The molecule has 2 aromatic rings. The molecule has 1 aliphatic rings. The predicted octanol–water partition coefficient (Wildman–Crippen LogP) is 1.77. The number of hydrogen-bond donors (Lipinski definition) is 2. The highest BCUT2D eigenvalue weighted by Crippen LogP contribution is 2.40. The van der Waals surface area contributed by atoms with E-state index in [1.807, 2.05) is 25.1 Å². The first-order chi connectivity index (χ1) is 9.70. The van der Waals surface area contributed by atoms with Crippen molar-refractivity contribution in [1.29, 1.82) is 0 Å². The summed E-state index contributed by atoms with van der Waals surface area (Å²) in [6.07, 6.45) is 2.51. The smallest absolute Gasteiger partial charge is 0.271 e. The second-order valence-electron chi connectivity index (χ2n) is 5.10. The Kier molecular flexibility index (Phi) is 3.18. The second-order valence-corrected chi connectivity index (χ2v) is 5.10. The fourth-order valence-electron chi connectivity index (χ4n) is 2.55. The standard InChI is InChI=1S/C15H18N4O/c1-2-19-14(12(16)9-17-19)15(20)18-13-8-11(13)10-6-4-3-5-7-10/h3-7,9,11,13H,2,8,16H2,1H3,(H,18,20). The zero-order valence-corrected chi connectivity index (χ0v) is 11.4. The van der Waals surface area contributed by atoms with Gasteiger partial charge in [0.15, 0.2) is 0 Å². The van der Waals surface area contributed by atoms with Crippen molar-refractivity contribution in [1.82, 2.24) is 15.1 Å². The monoisotopic (exact) mass is 270 g/mol. The van der Waals surface area contributed by atoms with E-state index in [0.717, 1.165) is 6.42 Å². The van der Waals surface area contributed by atoms with Crippen LogP contribution in [0.4, 0.5) is 5.69 Å². The molecule has 1 saturated carbocycles. The van der Waals surface area contributed by atoms with Crippen molar-refractivity contribution in [2.24, 2.45) is 0 Å². The van der Waals surface area contributed by atoms with Crippen LogP contribution in [0.3, 0.4) is 0 Å². The normalized spacial score (nSPS) is 20.6. The van der Waals surface area contributed by atoms with Gasteiger partial charge in [-0.25, -0.2) is 0 Å². The number of carbonyl (C=O) groups excluding carboxylic acids is 1. The minimum Gasteiger partial charge on any atom is -0.396 e. The Hall–Kier alpha value is -2.30. The molecule has 0 saturated heterocycles. The lowest BCUT2D eigenvalue weighted by Crippen LogP contribution is -2.29. The Labute approximate surface area is 117 Å². The van der Waals surface area contributed by atoms with Gasteiger partial charge in [-0.3, -0.25) is 9.48 Å². The third kappa shape index (κ3) is 2.27. The number of rotatable bonds is 4. The molecule has 1 aromatic heterocycles. The highest BCUT2D eigenvalue weighted by atomic mass is 16.2. The summed E-state index contributed by atoms with van der Waals surface area (Å²) in [7, 11) is 0. The van der Waals surface area contributed by atoms with Gasteiger partial charge in [-0.2, -0.15) is 5.10 Å². The maximum Gasteiger partial charge on any atom is 0.271 e. The summed E-state index contributed by atoms with van der Waals surface area (Å²) in [6, 6.07) is 10.4. The van der Waals surface area contributed by atoms with Gasteiger partial charge < -0.3 is 11.1 Å². The number of aromatic nitrogens is 2. The molecule has 1 amide bonds. The average molecular weight is 270 g/mol. The van der Waals surface area contributed by atoms with Crippen LogP contribution in [0.15, 0.2) is 36.5 Å². The molecule has 0 spiro atoms. The van der Waals surface area contributed by atoms with Crippen LogP contribution >= 0.6 is 0 Å². The second kappa shape index (κ2) is 5.00. The summed E-state index contributed by atoms with van der Waals surface area (Å²) in [6.45, 7) is 2.57. The van der Waals surface area contributed by atoms with Crippen LogP contribution in [-0.4, -0.2) is 21.7 Å². The van der Waals surface area contributed by atoms with Crippen LogP contribution in [0.1, 0.15) is 35.3 Å². The molecule has 1 fully saturated rings. The lowest BCUT2D eigenvalue weighted by molar-refractivity contribution is 0.0940. The zero-order valence-electron chi connectivity index (χ0n) is 11.4. The van der Waals surface area contributed by atoms with E-state index in [1.165, 1.54) is 11.8 Å². The van der Waals surface area contributed by atoms with Gasteiger partial charge in [-0.15, -0.1) is 0 Å². The van der Waals surface area contributed by atoms with E-state index in [0.29, 0.717) is 23.8 Å². The molecule has 0 aliphatic heterocycles. The fraction of sp³-hybridized carbons (Fsp3) is 0.333. The van der Waals surface area contributed by atoms with E-state index in [4.69, 9.17) is 5.73 Å². The molecule has 5 nitrogen and oxygen atoms in total. The third-order valence-corrected chi connectivity index (χ3v) is 3.72. The first-order valence-electron chi connectivity index (χ1n) is 6.87. The molecule has 5 heteroatoms. The van der Waals surface area contributed by atoms with Crippen LogP contribution in [0.2, 0.25) is 0 Å². The number of carbonyl (C=O) groups is 1. The maximum absolute atomic E-state index is 12.3. The summed E-state index contributed by atoms with van der Waals surface area (Å²) < 4.78 is 1.63. The number of amides is 1. The number of hydrogen-bond acceptors (Lipinski definition) is 3. The first kappa shape index (κ1) is 12.7. The molecule has 3 N–H and O–H groups in total. The molecule has 2 unspecified atom stereocenters. The minimum atomic E-state index is -0.134. The average Bonchev–Trinajstić information content (AvgIpc) is 3.12. The van der Waals surface area contributed by atoms with E-state index in [-0.39, 0.29) is 11.9 Å². The molecule has 3 rings (SSSR count). The zero-order chi connectivity index (χ0) is 14.1. The topological polar surface area (TPSA) is 72.9 Å². The van der Waals surface area contributed by atoms with Gasteiger partial charge in [0.05, 0.1) is 11.9 Å². The molecular formula is C15H18N4O. The van der Waals surface area contributed by atoms with Crippen LogP contribution in [0, 0.1) is 0 Å². The Bertz CT molecular complexity index is 620. The van der Waals surface area contributed by atoms with Gasteiger partial charge in [-0.05, 0) is 18.9 Å². The van der Waals surface area contributed by atoms with E-state index in [2.05, 4.69) is 22.5 Å². The summed E-state index contributed by atoms with van der Waals surface area (Å²) in [5, 5.41) is 7.13. The van der Waals surface area contributed by atoms with E-state index < -0.39 is 0 Å². The van der Waals surface area contributed by atoms with Crippen LogP contribution < -0.4 is 11.1 Å². The van der Waals surface area contributed by atoms with Crippen molar-refractivity contribution in [2.75, 3.05) is 5.73 Å². The van der Waals surface area contributed by atoms with E-state index >= 15 is 0 Å². The van der Waals surface area contributed by atoms with E-state index in [9.17, 15) is 4.79 Å². The van der Waals surface area contributed by atoms with E-state index in [1.54, 1.807) is 4.68 Å². The quantitative estimate of drug-likeness (QED) is 0.889. The Morgan fingerprint density at radius 1 is 1.45 bits per heavy atom. The fourth-order valence-corrected chi connectivity index (χ4v) is 2.55. The molecule has 2 atom stereocenters. The van der Waals surface area contributed by atoms with Gasteiger partial charge in [0.2, 0.25) is 0 Å². The molecule has 1 heterocycles. The van der Waals surface area contributed by atoms with Crippen molar-refractivity contribution >= 4 is 11.6 Å². The number of benzene rings is 1. The SMILES string of the molecule is CCn1ncc(N)c1C(=O)NC1CC1c1ccccc1. The number of anilines is 1. The van der Waals surface area contributed by atoms with Gasteiger partial charge in [-0.1, -0.05) is 30.3 Å². The number of nitrogens with two attached hydrogens (primary N) is 1. The summed E-state index contributed by atoms with van der Waals surface area (Å²) in [4.78, 5) is 12.3. The molecule has 1 aromatic carbocycles. The Balaban J connectivity index is 1.68. The minimum absolute atomic E-state index is 0.134. The highest BCUT2D eigenvalue weighted by Gasteiger charge is 2.40. The number of nitrogens with zero attached hydrogens (tertiary/aromatic N) is 2. The lowest BCUT2D eigenvalue weighted by Gasteiger charge is -2.07. The van der Waals surface area contributed by atoms with Gasteiger partial charge in [0.1, 0.15) is 5.69 Å². The largest absolute Gasteiger partial charge is 0.396 e. The summed E-state index contributed by atoms with van der Waals surface area (Å²) in [5.41, 5.74) is 7.98. The third-order valence-electron chi connectivity index (χ3n) is 3.72. The van der Waals surface area contributed by atoms with Crippen LogP contribution in [0.25, 0.3) is 0 Å². The first-order valence-corrected chi connectivity index (χ1v) is 6.87. The van der Waals surface area contributed by atoms with Gasteiger partial charge in [0.25, 0.3) is 5.91 Å². The van der Waals surface area contributed by atoms with Crippen molar-refractivity contribution in [2.45, 2.75) is 31.8 Å². The summed E-state index contributed by atoms with van der Waals surface area (Å²) in [5.74, 6) is 0.282. The molecule has 104 valence electrons. The van der Waals surface area contributed by atoms with Crippen molar-refractivity contribution < 1.29 is 4.79 Å². The van der Waals surface area contributed by atoms with Crippen LogP contribution in [0.5, 0.6) is 0 Å². The predicted molar refractivity (Wildman–Crippen MR) is 77.4 cm³/mol.